The van der Waals surface area contributed by atoms with Gasteiger partial charge in [-0.1, -0.05) is 12.1 Å². The first-order valence-electron chi connectivity index (χ1n) is 7.45. The number of halogens is 3. The molecule has 3 rings (SSSR count). The maximum absolute atomic E-state index is 13.2. The Labute approximate surface area is 147 Å². The highest BCUT2D eigenvalue weighted by molar-refractivity contribution is 7.91. The van der Waals surface area contributed by atoms with E-state index in [1.54, 1.807) is 6.07 Å². The van der Waals surface area contributed by atoms with Crippen LogP contribution >= 0.6 is 0 Å². The summed E-state index contributed by atoms with van der Waals surface area (Å²) in [7, 11) is -3.62. The molecule has 0 aliphatic rings. The van der Waals surface area contributed by atoms with E-state index in [0.717, 1.165) is 6.26 Å². The van der Waals surface area contributed by atoms with Crippen molar-refractivity contribution in [2.24, 2.45) is 5.73 Å². The van der Waals surface area contributed by atoms with Crippen LogP contribution in [0.4, 0.5) is 13.2 Å². The largest absolute Gasteiger partial charge is 0.407 e. The Morgan fingerprint density at radius 2 is 1.88 bits per heavy atom. The van der Waals surface area contributed by atoms with Gasteiger partial charge in [0.15, 0.2) is 9.84 Å². The van der Waals surface area contributed by atoms with E-state index in [1.165, 1.54) is 42.7 Å². The zero-order chi connectivity index (χ0) is 19.1. The smallest absolute Gasteiger partial charge is 0.316 e. The minimum absolute atomic E-state index is 0.0495. The zero-order valence-corrected chi connectivity index (χ0v) is 14.3. The maximum atomic E-state index is 13.2. The molecule has 0 fully saturated rings. The first-order valence-corrected chi connectivity index (χ1v) is 9.34. The lowest BCUT2D eigenvalue weighted by molar-refractivity contribution is -0.149. The van der Waals surface area contributed by atoms with Crippen LogP contribution in [0.3, 0.4) is 0 Å². The van der Waals surface area contributed by atoms with Crippen LogP contribution in [-0.4, -0.2) is 30.8 Å². The van der Waals surface area contributed by atoms with Crippen LogP contribution in [0, 0.1) is 0 Å². The van der Waals surface area contributed by atoms with Crippen LogP contribution in [0.25, 0.3) is 22.2 Å². The lowest BCUT2D eigenvalue weighted by Gasteiger charge is -2.20. The van der Waals surface area contributed by atoms with Gasteiger partial charge in [-0.2, -0.15) is 13.2 Å². The number of alkyl halides is 3. The number of para-hydroxylation sites is 1. The summed E-state index contributed by atoms with van der Waals surface area (Å²) in [5, 5.41) is 0.260. The van der Waals surface area contributed by atoms with E-state index in [1.807, 2.05) is 0 Å². The van der Waals surface area contributed by atoms with E-state index < -0.39 is 22.1 Å². The van der Waals surface area contributed by atoms with Gasteiger partial charge in [0.2, 0.25) is 0 Å². The number of nitrogens with two attached hydrogens (primary N) is 1. The molecular formula is C17H14F3N3O2S. The van der Waals surface area contributed by atoms with Crippen LogP contribution in [-0.2, 0) is 9.84 Å². The molecule has 2 N–H and O–H groups in total. The van der Waals surface area contributed by atoms with Crippen molar-refractivity contribution in [3.8, 4) is 11.3 Å². The fourth-order valence-corrected chi connectivity index (χ4v) is 3.47. The second kappa shape index (κ2) is 6.33. The molecule has 1 atom stereocenters. The molecule has 0 unspecified atom stereocenters. The SMILES string of the molecule is CS(=O)(=O)c1cccc2cc([C@@H](N)C(F)(F)F)c(-c3cccnc3)nc12. The number of rotatable bonds is 3. The van der Waals surface area contributed by atoms with Crippen LogP contribution < -0.4 is 5.73 Å². The van der Waals surface area contributed by atoms with Crippen LogP contribution in [0.5, 0.6) is 0 Å². The van der Waals surface area contributed by atoms with Crippen molar-refractivity contribution in [2.75, 3.05) is 6.26 Å². The Hall–Kier alpha value is -2.52. The molecule has 0 aliphatic heterocycles. The molecule has 1 aromatic carbocycles. The molecular weight excluding hydrogens is 367 g/mol. The number of hydrogen-bond donors (Lipinski definition) is 1. The Morgan fingerprint density at radius 3 is 2.46 bits per heavy atom. The molecule has 0 spiro atoms. The lowest BCUT2D eigenvalue weighted by atomic mass is 9.98. The fourth-order valence-electron chi connectivity index (χ4n) is 2.63. The Morgan fingerprint density at radius 1 is 1.15 bits per heavy atom. The van der Waals surface area contributed by atoms with Crippen molar-refractivity contribution < 1.29 is 21.6 Å². The van der Waals surface area contributed by atoms with Gasteiger partial charge >= 0.3 is 6.18 Å². The van der Waals surface area contributed by atoms with Crippen LogP contribution in [0.2, 0.25) is 0 Å². The van der Waals surface area contributed by atoms with Gasteiger partial charge in [-0.25, -0.2) is 13.4 Å². The summed E-state index contributed by atoms with van der Waals surface area (Å²) in [5.41, 5.74) is 5.53. The predicted octanol–water partition coefficient (Wildman–Crippen LogP) is 3.26. The number of sulfone groups is 1. The zero-order valence-electron chi connectivity index (χ0n) is 13.5. The van der Waals surface area contributed by atoms with Crippen molar-refractivity contribution in [1.82, 2.24) is 9.97 Å². The minimum Gasteiger partial charge on any atom is -0.316 e. The molecule has 26 heavy (non-hydrogen) atoms. The molecule has 5 nitrogen and oxygen atoms in total. The number of hydrogen-bond acceptors (Lipinski definition) is 5. The van der Waals surface area contributed by atoms with Crippen molar-refractivity contribution >= 4 is 20.7 Å². The van der Waals surface area contributed by atoms with E-state index in [-0.39, 0.29) is 27.1 Å². The summed E-state index contributed by atoms with van der Waals surface area (Å²) in [5.74, 6) is 0. The maximum Gasteiger partial charge on any atom is 0.407 e. The number of pyridine rings is 2. The summed E-state index contributed by atoms with van der Waals surface area (Å²) >= 11 is 0. The molecule has 136 valence electrons. The van der Waals surface area contributed by atoms with E-state index in [9.17, 15) is 21.6 Å². The van der Waals surface area contributed by atoms with Gasteiger partial charge in [0.1, 0.15) is 6.04 Å². The van der Waals surface area contributed by atoms with Gasteiger partial charge in [-0.3, -0.25) is 4.98 Å². The Bertz CT molecular complexity index is 1070. The second-order valence-electron chi connectivity index (χ2n) is 5.79. The van der Waals surface area contributed by atoms with Crippen LogP contribution in [0.1, 0.15) is 11.6 Å². The number of nitrogens with zero attached hydrogens (tertiary/aromatic N) is 2. The lowest BCUT2D eigenvalue weighted by Crippen LogP contribution is -2.29. The first kappa shape index (κ1) is 18.3. The summed E-state index contributed by atoms with van der Waals surface area (Å²) in [6, 6.07) is 6.36. The predicted molar refractivity (Wildman–Crippen MR) is 91.1 cm³/mol. The van der Waals surface area contributed by atoms with Crippen molar-refractivity contribution in [3.63, 3.8) is 0 Å². The van der Waals surface area contributed by atoms with Gasteiger partial charge in [0, 0.05) is 35.2 Å². The third-order valence-corrected chi connectivity index (χ3v) is 4.99. The third-order valence-electron chi connectivity index (χ3n) is 3.86. The standard InChI is InChI=1S/C17H14F3N3O2S/c1-26(24,25)13-6-2-4-10-8-12(16(21)17(18,19)20)14(23-15(10)13)11-5-3-7-22-9-11/h2-9,16H,21H2,1H3/t16-/m1/s1. The summed E-state index contributed by atoms with van der Waals surface area (Å²) < 4.78 is 63.7. The molecule has 0 saturated carbocycles. The topological polar surface area (TPSA) is 85.9 Å². The average Bonchev–Trinajstić information content (AvgIpc) is 2.58. The van der Waals surface area contributed by atoms with Gasteiger partial charge in [-0.15, -0.1) is 0 Å². The fraction of sp³-hybridized carbons (Fsp3) is 0.176. The van der Waals surface area contributed by atoms with Crippen molar-refractivity contribution in [2.45, 2.75) is 17.1 Å². The molecule has 9 heteroatoms. The quantitative estimate of drug-likeness (QED) is 0.753. The first-order chi connectivity index (χ1) is 12.1. The van der Waals surface area contributed by atoms with Crippen molar-refractivity contribution in [1.29, 1.82) is 0 Å². The Balaban J connectivity index is 2.40. The molecule has 0 aliphatic carbocycles. The molecule has 3 aromatic rings. The number of benzene rings is 1. The Kier molecular flexibility index (Phi) is 4.45. The monoisotopic (exact) mass is 381 g/mol. The highest BCUT2D eigenvalue weighted by Crippen LogP contribution is 2.37. The van der Waals surface area contributed by atoms with Gasteiger partial charge in [-0.05, 0) is 24.3 Å². The minimum atomic E-state index is -4.68. The van der Waals surface area contributed by atoms with Crippen LogP contribution in [0.15, 0.2) is 53.7 Å². The number of fused-ring (bicyclic) bond motifs is 1. The van der Waals surface area contributed by atoms with E-state index in [4.69, 9.17) is 5.73 Å². The molecule has 2 aromatic heterocycles. The highest BCUT2D eigenvalue weighted by Gasteiger charge is 2.39. The number of aromatic nitrogens is 2. The molecule has 0 radical (unpaired) electrons. The molecule has 0 bridgehead atoms. The van der Waals surface area contributed by atoms with E-state index in [2.05, 4.69) is 9.97 Å². The second-order valence-corrected chi connectivity index (χ2v) is 7.77. The summed E-state index contributed by atoms with van der Waals surface area (Å²) in [6.07, 6.45) is -0.844. The van der Waals surface area contributed by atoms with Crippen molar-refractivity contribution in [3.05, 3.63) is 54.4 Å². The average molecular weight is 381 g/mol. The van der Waals surface area contributed by atoms with E-state index in [0.29, 0.717) is 5.56 Å². The normalized spacial score (nSPS) is 13.7. The van der Waals surface area contributed by atoms with Gasteiger partial charge in [0.05, 0.1) is 16.1 Å². The van der Waals surface area contributed by atoms with Gasteiger partial charge < -0.3 is 5.73 Å². The molecule has 0 amide bonds. The van der Waals surface area contributed by atoms with E-state index >= 15 is 0 Å². The highest BCUT2D eigenvalue weighted by atomic mass is 32.2. The van der Waals surface area contributed by atoms with Gasteiger partial charge in [0.25, 0.3) is 0 Å². The molecule has 2 heterocycles. The molecule has 0 saturated heterocycles. The summed E-state index contributed by atoms with van der Waals surface area (Å²) in [4.78, 5) is 8.08. The summed E-state index contributed by atoms with van der Waals surface area (Å²) in [6.45, 7) is 0. The third kappa shape index (κ3) is 3.40.